The van der Waals surface area contributed by atoms with Gasteiger partial charge in [-0.1, -0.05) is 30.3 Å². The number of benzene rings is 1. The predicted octanol–water partition coefficient (Wildman–Crippen LogP) is 1.19. The van der Waals surface area contributed by atoms with Gasteiger partial charge in [0.2, 0.25) is 5.91 Å². The van der Waals surface area contributed by atoms with Gasteiger partial charge in [-0.15, -0.1) is 0 Å². The largest absolute Gasteiger partial charge is 0.339 e. The molecule has 2 heterocycles. The number of rotatable bonds is 2. The van der Waals surface area contributed by atoms with Crippen molar-refractivity contribution < 1.29 is 9.59 Å². The zero-order chi connectivity index (χ0) is 13.2. The summed E-state index contributed by atoms with van der Waals surface area (Å²) < 4.78 is 0. The molecule has 1 aromatic carbocycles. The molecule has 100 valence electrons. The van der Waals surface area contributed by atoms with Crippen molar-refractivity contribution in [3.8, 4) is 0 Å². The first-order valence-electron chi connectivity index (χ1n) is 6.48. The van der Waals surface area contributed by atoms with Crippen molar-refractivity contribution in [3.05, 3.63) is 35.9 Å². The molecule has 0 bridgehead atoms. The van der Waals surface area contributed by atoms with Gasteiger partial charge in [0.1, 0.15) is 6.04 Å². The van der Waals surface area contributed by atoms with Crippen LogP contribution in [0.2, 0.25) is 0 Å². The number of nitrogens with one attached hydrogen (secondary N) is 1. The van der Waals surface area contributed by atoms with E-state index in [1.807, 2.05) is 42.1 Å². The van der Waals surface area contributed by atoms with Crippen LogP contribution in [0.3, 0.4) is 0 Å². The molecule has 2 fully saturated rings. The first-order chi connectivity index (χ1) is 9.25. The molecule has 0 saturated carbocycles. The van der Waals surface area contributed by atoms with E-state index in [2.05, 4.69) is 5.32 Å². The van der Waals surface area contributed by atoms with E-state index >= 15 is 0 Å². The normalized spacial score (nSPS) is 27.5. The third-order valence-corrected chi connectivity index (χ3v) is 4.77. The van der Waals surface area contributed by atoms with Crippen LogP contribution >= 0.6 is 11.8 Å². The van der Waals surface area contributed by atoms with Crippen LogP contribution in [-0.4, -0.2) is 40.8 Å². The smallest absolute Gasteiger partial charge is 0.250 e. The maximum Gasteiger partial charge on any atom is 0.250 e. The molecule has 2 aliphatic heterocycles. The van der Waals surface area contributed by atoms with Crippen molar-refractivity contribution in [3.63, 3.8) is 0 Å². The Bertz CT molecular complexity index is 485. The Kier molecular flexibility index (Phi) is 3.46. The Balaban J connectivity index is 1.85. The average molecular weight is 276 g/mol. The van der Waals surface area contributed by atoms with E-state index < -0.39 is 6.04 Å². The van der Waals surface area contributed by atoms with Crippen LogP contribution in [0.4, 0.5) is 0 Å². The highest BCUT2D eigenvalue weighted by atomic mass is 32.2. The number of hydrogen-bond donors (Lipinski definition) is 1. The Morgan fingerprint density at radius 3 is 2.68 bits per heavy atom. The maximum atomic E-state index is 12.6. The second-order valence-corrected chi connectivity index (χ2v) is 6.04. The molecule has 0 aliphatic carbocycles. The molecule has 1 aromatic rings. The van der Waals surface area contributed by atoms with Gasteiger partial charge in [0.05, 0.1) is 6.54 Å². The zero-order valence-corrected chi connectivity index (χ0v) is 11.4. The third-order valence-electron chi connectivity index (χ3n) is 3.63. The minimum atomic E-state index is -0.520. The molecule has 2 atom stereocenters. The molecule has 2 aliphatic rings. The Morgan fingerprint density at radius 2 is 2.00 bits per heavy atom. The fourth-order valence-corrected chi connectivity index (χ4v) is 3.84. The van der Waals surface area contributed by atoms with Gasteiger partial charge in [0.15, 0.2) is 0 Å². The van der Waals surface area contributed by atoms with Gasteiger partial charge in [-0.2, -0.15) is 11.8 Å². The number of carbonyl (C=O) groups excluding carboxylic acids is 2. The fourth-order valence-electron chi connectivity index (χ4n) is 2.62. The Labute approximate surface area is 116 Å². The van der Waals surface area contributed by atoms with Crippen LogP contribution in [0.1, 0.15) is 18.0 Å². The lowest BCUT2D eigenvalue weighted by atomic mass is 10.0. The number of carbonyl (C=O) groups is 2. The number of thioether (sulfide) groups is 1. The maximum absolute atomic E-state index is 12.6. The lowest BCUT2D eigenvalue weighted by Gasteiger charge is -2.36. The lowest BCUT2D eigenvalue weighted by Crippen LogP contribution is -2.56. The highest BCUT2D eigenvalue weighted by Crippen LogP contribution is 2.27. The number of hydrogen-bond acceptors (Lipinski definition) is 3. The molecule has 0 aromatic heterocycles. The first kappa shape index (κ1) is 12.5. The summed E-state index contributed by atoms with van der Waals surface area (Å²) in [5, 5.41) is 2.80. The number of amides is 2. The van der Waals surface area contributed by atoms with E-state index in [0.29, 0.717) is 0 Å². The second-order valence-electron chi connectivity index (χ2n) is 4.89. The number of piperazine rings is 1. The SMILES string of the molecule is O=C1CN(C2CCSC2)C(=O)C(c2ccccc2)N1. The van der Waals surface area contributed by atoms with E-state index in [-0.39, 0.29) is 24.4 Å². The zero-order valence-electron chi connectivity index (χ0n) is 10.5. The molecule has 0 radical (unpaired) electrons. The summed E-state index contributed by atoms with van der Waals surface area (Å²) in [6, 6.07) is 9.15. The summed E-state index contributed by atoms with van der Waals surface area (Å²) in [7, 11) is 0. The highest BCUT2D eigenvalue weighted by molar-refractivity contribution is 7.99. The monoisotopic (exact) mass is 276 g/mol. The standard InChI is InChI=1S/C14H16N2O2S/c17-12-8-16(11-6-7-19-9-11)14(18)13(15-12)10-4-2-1-3-5-10/h1-5,11,13H,6-9H2,(H,15,17). The van der Waals surface area contributed by atoms with Crippen LogP contribution in [0, 0.1) is 0 Å². The van der Waals surface area contributed by atoms with Gasteiger partial charge < -0.3 is 10.2 Å². The summed E-state index contributed by atoms with van der Waals surface area (Å²) in [5.74, 6) is 1.98. The first-order valence-corrected chi connectivity index (χ1v) is 7.64. The molecule has 19 heavy (non-hydrogen) atoms. The van der Waals surface area contributed by atoms with Crippen molar-refractivity contribution in [2.45, 2.75) is 18.5 Å². The Morgan fingerprint density at radius 1 is 1.21 bits per heavy atom. The van der Waals surface area contributed by atoms with Crippen LogP contribution in [0.15, 0.2) is 30.3 Å². The topological polar surface area (TPSA) is 49.4 Å². The van der Waals surface area contributed by atoms with Crippen molar-refractivity contribution >= 4 is 23.6 Å². The molecular weight excluding hydrogens is 260 g/mol. The van der Waals surface area contributed by atoms with Crippen molar-refractivity contribution in [1.29, 1.82) is 0 Å². The highest BCUT2D eigenvalue weighted by Gasteiger charge is 2.38. The minimum Gasteiger partial charge on any atom is -0.339 e. The van der Waals surface area contributed by atoms with Crippen LogP contribution < -0.4 is 5.32 Å². The second kappa shape index (κ2) is 5.25. The Hall–Kier alpha value is -1.49. The summed E-state index contributed by atoms with van der Waals surface area (Å²) in [5.41, 5.74) is 0.858. The van der Waals surface area contributed by atoms with Gasteiger partial charge in [-0.25, -0.2) is 0 Å². The molecule has 5 heteroatoms. The molecule has 1 N–H and O–H groups in total. The van der Waals surface area contributed by atoms with Gasteiger partial charge in [0.25, 0.3) is 5.91 Å². The molecule has 3 rings (SSSR count). The summed E-state index contributed by atoms with van der Waals surface area (Å²) >= 11 is 1.85. The van der Waals surface area contributed by atoms with Crippen molar-refractivity contribution in [1.82, 2.24) is 10.2 Å². The molecule has 2 saturated heterocycles. The number of nitrogens with zero attached hydrogens (tertiary/aromatic N) is 1. The van der Waals surface area contributed by atoms with E-state index in [1.165, 1.54) is 0 Å². The molecule has 2 amide bonds. The molecule has 2 unspecified atom stereocenters. The average Bonchev–Trinajstić information content (AvgIpc) is 2.96. The molecular formula is C14H16N2O2S. The predicted molar refractivity (Wildman–Crippen MR) is 74.8 cm³/mol. The van der Waals surface area contributed by atoms with Crippen LogP contribution in [-0.2, 0) is 9.59 Å². The van der Waals surface area contributed by atoms with E-state index in [9.17, 15) is 9.59 Å². The van der Waals surface area contributed by atoms with Gasteiger partial charge in [0, 0.05) is 11.8 Å². The van der Waals surface area contributed by atoms with Gasteiger partial charge >= 0.3 is 0 Å². The minimum absolute atomic E-state index is 0.0262. The van der Waals surface area contributed by atoms with E-state index in [0.717, 1.165) is 23.5 Å². The third kappa shape index (κ3) is 2.47. The summed E-state index contributed by atoms with van der Waals surface area (Å²) in [6.07, 6.45) is 0.991. The lowest BCUT2D eigenvalue weighted by molar-refractivity contribution is -0.146. The molecule has 0 spiro atoms. The van der Waals surface area contributed by atoms with Crippen LogP contribution in [0.5, 0.6) is 0 Å². The fraction of sp³-hybridized carbons (Fsp3) is 0.429. The molecule has 4 nitrogen and oxygen atoms in total. The van der Waals surface area contributed by atoms with Gasteiger partial charge in [-0.3, -0.25) is 9.59 Å². The van der Waals surface area contributed by atoms with E-state index in [4.69, 9.17) is 0 Å². The summed E-state index contributed by atoms with van der Waals surface area (Å²) in [4.78, 5) is 26.2. The van der Waals surface area contributed by atoms with Crippen molar-refractivity contribution in [2.24, 2.45) is 0 Å². The quantitative estimate of drug-likeness (QED) is 0.883. The van der Waals surface area contributed by atoms with Crippen LogP contribution in [0.25, 0.3) is 0 Å². The summed E-state index contributed by atoms with van der Waals surface area (Å²) in [6.45, 7) is 0.202. The van der Waals surface area contributed by atoms with Crippen molar-refractivity contribution in [2.75, 3.05) is 18.1 Å². The van der Waals surface area contributed by atoms with Gasteiger partial charge in [-0.05, 0) is 17.7 Å². The van der Waals surface area contributed by atoms with E-state index in [1.54, 1.807) is 4.90 Å².